The predicted octanol–water partition coefficient (Wildman–Crippen LogP) is 1.83. The molecule has 1 aliphatic heterocycles. The van der Waals surface area contributed by atoms with E-state index in [1.165, 1.54) is 0 Å². The normalized spacial score (nSPS) is 17.4. The van der Waals surface area contributed by atoms with E-state index in [0.717, 1.165) is 46.7 Å². The summed E-state index contributed by atoms with van der Waals surface area (Å²) in [5.74, 6) is 1.64. The Balaban J connectivity index is 1.49. The minimum absolute atomic E-state index is 0.279. The fourth-order valence-electron chi connectivity index (χ4n) is 3.47. The van der Waals surface area contributed by atoms with E-state index < -0.39 is 0 Å². The van der Waals surface area contributed by atoms with E-state index in [-0.39, 0.29) is 6.10 Å². The second kappa shape index (κ2) is 6.03. The number of hydrogen-bond acceptors (Lipinski definition) is 6. The van der Waals surface area contributed by atoms with Gasteiger partial charge in [0.15, 0.2) is 11.5 Å². The van der Waals surface area contributed by atoms with Crippen molar-refractivity contribution < 1.29 is 5.11 Å². The van der Waals surface area contributed by atoms with Gasteiger partial charge in [-0.2, -0.15) is 4.52 Å². The first kappa shape index (κ1) is 15.2. The minimum atomic E-state index is -0.279. The summed E-state index contributed by atoms with van der Waals surface area (Å²) in [5.41, 5.74) is 2.85. The van der Waals surface area contributed by atoms with Gasteiger partial charge < -0.3 is 10.0 Å². The van der Waals surface area contributed by atoms with Gasteiger partial charge in [-0.1, -0.05) is 12.1 Å². The summed E-state index contributed by atoms with van der Waals surface area (Å²) < 4.78 is 1.80. The number of fused-ring (bicyclic) bond motifs is 2. The molecule has 1 aliphatic rings. The number of anilines is 1. The lowest BCUT2D eigenvalue weighted by atomic mass is 10.1. The Bertz CT molecular complexity index is 1090. The molecule has 1 N–H and O–H groups in total. The van der Waals surface area contributed by atoms with Crippen LogP contribution in [0.3, 0.4) is 0 Å². The van der Waals surface area contributed by atoms with Crippen molar-refractivity contribution in [2.24, 2.45) is 0 Å². The van der Waals surface area contributed by atoms with Crippen LogP contribution in [0.15, 0.2) is 48.7 Å². The summed E-state index contributed by atoms with van der Waals surface area (Å²) >= 11 is 0. The lowest BCUT2D eigenvalue weighted by Gasteiger charge is -2.16. The molecule has 0 aliphatic carbocycles. The van der Waals surface area contributed by atoms with E-state index in [1.807, 2.05) is 24.3 Å². The average molecular weight is 346 g/mol. The SMILES string of the molecule is O[C@H]1CCN(c2ccc3nnc(Cc4ccc5ncccc5c4)n3n2)C1. The third-order valence-corrected chi connectivity index (χ3v) is 4.83. The number of nitrogens with zero attached hydrogens (tertiary/aromatic N) is 6. The zero-order valence-electron chi connectivity index (χ0n) is 14.2. The van der Waals surface area contributed by atoms with E-state index in [2.05, 4.69) is 38.3 Å². The summed E-state index contributed by atoms with van der Waals surface area (Å²) in [6.07, 6.45) is 2.94. The van der Waals surface area contributed by atoms with Crippen molar-refractivity contribution in [3.05, 3.63) is 60.0 Å². The molecule has 0 spiro atoms. The van der Waals surface area contributed by atoms with Crippen LogP contribution in [0.1, 0.15) is 17.8 Å². The van der Waals surface area contributed by atoms with Crippen molar-refractivity contribution in [2.45, 2.75) is 18.9 Å². The van der Waals surface area contributed by atoms with Crippen LogP contribution in [-0.2, 0) is 6.42 Å². The highest BCUT2D eigenvalue weighted by Gasteiger charge is 2.22. The summed E-state index contributed by atoms with van der Waals surface area (Å²) in [7, 11) is 0. The summed E-state index contributed by atoms with van der Waals surface area (Å²) in [5, 5.41) is 24.1. The van der Waals surface area contributed by atoms with E-state index in [0.29, 0.717) is 13.0 Å². The van der Waals surface area contributed by atoms with Crippen LogP contribution in [0.4, 0.5) is 5.82 Å². The number of aliphatic hydroxyl groups excluding tert-OH is 1. The third kappa shape index (κ3) is 2.66. The molecule has 5 rings (SSSR count). The van der Waals surface area contributed by atoms with Gasteiger partial charge in [-0.05, 0) is 42.3 Å². The molecule has 1 aromatic carbocycles. The van der Waals surface area contributed by atoms with E-state index in [1.54, 1.807) is 10.7 Å². The van der Waals surface area contributed by atoms with Gasteiger partial charge >= 0.3 is 0 Å². The largest absolute Gasteiger partial charge is 0.391 e. The quantitative estimate of drug-likeness (QED) is 0.610. The number of pyridine rings is 1. The van der Waals surface area contributed by atoms with Crippen molar-refractivity contribution >= 4 is 22.4 Å². The van der Waals surface area contributed by atoms with Crippen LogP contribution in [0, 0.1) is 0 Å². The predicted molar refractivity (Wildman–Crippen MR) is 98.2 cm³/mol. The fraction of sp³-hybridized carbons (Fsp3) is 0.263. The second-order valence-corrected chi connectivity index (χ2v) is 6.67. The summed E-state index contributed by atoms with van der Waals surface area (Å²) in [4.78, 5) is 6.45. The molecule has 4 heterocycles. The standard InChI is InChI=1S/C19H18N6O/c26-15-7-9-24(12-15)18-6-5-17-21-22-19(25(17)23-18)11-13-3-4-16-14(10-13)2-1-8-20-16/h1-6,8,10,15,26H,7,9,11-12H2/t15-/m0/s1. The van der Waals surface area contributed by atoms with Gasteiger partial charge in [0.1, 0.15) is 5.82 Å². The summed E-state index contributed by atoms with van der Waals surface area (Å²) in [6.45, 7) is 1.43. The van der Waals surface area contributed by atoms with Crippen molar-refractivity contribution in [1.82, 2.24) is 24.8 Å². The molecule has 0 radical (unpaired) electrons. The van der Waals surface area contributed by atoms with Gasteiger partial charge in [0, 0.05) is 31.1 Å². The first-order valence-electron chi connectivity index (χ1n) is 8.74. The Kier molecular flexibility index (Phi) is 3.53. The maximum Gasteiger partial charge on any atom is 0.178 e. The monoisotopic (exact) mass is 346 g/mol. The first-order chi connectivity index (χ1) is 12.8. The number of benzene rings is 1. The molecule has 130 valence electrons. The molecule has 0 saturated carbocycles. The van der Waals surface area contributed by atoms with E-state index >= 15 is 0 Å². The molecule has 1 atom stereocenters. The lowest BCUT2D eigenvalue weighted by molar-refractivity contribution is 0.198. The van der Waals surface area contributed by atoms with E-state index in [4.69, 9.17) is 5.10 Å². The van der Waals surface area contributed by atoms with Crippen LogP contribution in [0.5, 0.6) is 0 Å². The lowest BCUT2D eigenvalue weighted by Crippen LogP contribution is -2.23. The Labute approximate surface area is 149 Å². The average Bonchev–Trinajstić information content (AvgIpc) is 3.28. The van der Waals surface area contributed by atoms with Gasteiger partial charge in [-0.3, -0.25) is 4.98 Å². The van der Waals surface area contributed by atoms with Gasteiger partial charge in [-0.25, -0.2) is 0 Å². The van der Waals surface area contributed by atoms with Gasteiger partial charge in [0.05, 0.1) is 11.6 Å². The zero-order chi connectivity index (χ0) is 17.5. The van der Waals surface area contributed by atoms with Gasteiger partial charge in [0.2, 0.25) is 0 Å². The molecule has 3 aromatic heterocycles. The Morgan fingerprint density at radius 1 is 1.12 bits per heavy atom. The highest BCUT2D eigenvalue weighted by atomic mass is 16.3. The number of β-amino-alcohol motifs (C(OH)–C–C–N with tert-alkyl or cyclic N) is 1. The highest BCUT2D eigenvalue weighted by molar-refractivity contribution is 5.79. The van der Waals surface area contributed by atoms with Crippen LogP contribution in [-0.4, -0.2) is 49.1 Å². The zero-order valence-corrected chi connectivity index (χ0v) is 14.2. The number of aliphatic hydroxyl groups is 1. The maximum absolute atomic E-state index is 9.76. The minimum Gasteiger partial charge on any atom is -0.391 e. The van der Waals surface area contributed by atoms with Crippen LogP contribution >= 0.6 is 0 Å². The maximum atomic E-state index is 9.76. The molecule has 0 amide bonds. The molecule has 26 heavy (non-hydrogen) atoms. The van der Waals surface area contributed by atoms with Gasteiger partial charge in [-0.15, -0.1) is 15.3 Å². The van der Waals surface area contributed by atoms with Crippen LogP contribution < -0.4 is 4.90 Å². The molecule has 1 fully saturated rings. The molecule has 7 nitrogen and oxygen atoms in total. The molecule has 0 bridgehead atoms. The van der Waals surface area contributed by atoms with Gasteiger partial charge in [0.25, 0.3) is 0 Å². The highest BCUT2D eigenvalue weighted by Crippen LogP contribution is 2.20. The van der Waals surface area contributed by atoms with Crippen molar-refractivity contribution in [1.29, 1.82) is 0 Å². The molecule has 1 saturated heterocycles. The first-order valence-corrected chi connectivity index (χ1v) is 8.74. The molecular formula is C19H18N6O. The Morgan fingerprint density at radius 2 is 2.08 bits per heavy atom. The van der Waals surface area contributed by atoms with Crippen molar-refractivity contribution in [3.63, 3.8) is 0 Å². The third-order valence-electron chi connectivity index (χ3n) is 4.83. The Morgan fingerprint density at radius 3 is 2.96 bits per heavy atom. The second-order valence-electron chi connectivity index (χ2n) is 6.67. The smallest absolute Gasteiger partial charge is 0.178 e. The van der Waals surface area contributed by atoms with E-state index in [9.17, 15) is 5.11 Å². The molecule has 4 aromatic rings. The van der Waals surface area contributed by atoms with Crippen LogP contribution in [0.25, 0.3) is 16.6 Å². The number of hydrogen-bond donors (Lipinski definition) is 1. The molecule has 0 unspecified atom stereocenters. The number of rotatable bonds is 3. The fourth-order valence-corrected chi connectivity index (χ4v) is 3.47. The Hall–Kier alpha value is -3.06. The molecule has 7 heteroatoms. The topological polar surface area (TPSA) is 79.4 Å². The van der Waals surface area contributed by atoms with Crippen molar-refractivity contribution in [2.75, 3.05) is 18.0 Å². The molecular weight excluding hydrogens is 328 g/mol. The van der Waals surface area contributed by atoms with Crippen LogP contribution in [0.2, 0.25) is 0 Å². The number of aromatic nitrogens is 5. The summed E-state index contributed by atoms with van der Waals surface area (Å²) in [6, 6.07) is 14.1. The van der Waals surface area contributed by atoms with Crippen molar-refractivity contribution in [3.8, 4) is 0 Å².